The highest BCUT2D eigenvalue weighted by atomic mass is 19.1. The summed E-state index contributed by atoms with van der Waals surface area (Å²) in [5.74, 6) is -0.176. The van der Waals surface area contributed by atoms with E-state index < -0.39 is 0 Å². The normalized spacial score (nSPS) is 24.9. The number of benzene rings is 1. The van der Waals surface area contributed by atoms with E-state index in [1.54, 1.807) is 18.2 Å². The van der Waals surface area contributed by atoms with Crippen LogP contribution in [0.4, 0.5) is 4.39 Å². The number of carbonyl (C=O) groups excluding carboxylic acids is 1. The molecule has 2 aliphatic rings. The molecule has 114 valence electrons. The van der Waals surface area contributed by atoms with Crippen LogP contribution < -0.4 is 0 Å². The lowest BCUT2D eigenvalue weighted by molar-refractivity contribution is -0.156. The average molecular weight is 292 g/mol. The van der Waals surface area contributed by atoms with E-state index >= 15 is 0 Å². The molecule has 0 saturated carbocycles. The number of Topliss-reactive ketones (excluding diaryl/α,β-unsaturated/α-hetero) is 1. The van der Waals surface area contributed by atoms with Crippen LogP contribution in [0.2, 0.25) is 0 Å². The largest absolute Gasteiger partial charge is 0.381 e. The van der Waals surface area contributed by atoms with Crippen LogP contribution in [0.5, 0.6) is 0 Å². The van der Waals surface area contributed by atoms with E-state index in [4.69, 9.17) is 9.47 Å². The molecule has 2 saturated heterocycles. The number of hydrogen-bond donors (Lipinski definition) is 0. The third kappa shape index (κ3) is 3.33. The van der Waals surface area contributed by atoms with Crippen molar-refractivity contribution < 1.29 is 18.7 Å². The van der Waals surface area contributed by atoms with Gasteiger partial charge in [-0.1, -0.05) is 18.2 Å². The molecule has 0 radical (unpaired) electrons. The predicted octanol–water partition coefficient (Wildman–Crippen LogP) is 2.91. The van der Waals surface area contributed by atoms with Crippen LogP contribution in [-0.2, 0) is 20.7 Å². The van der Waals surface area contributed by atoms with Crippen molar-refractivity contribution in [2.24, 2.45) is 5.92 Å². The Hall–Kier alpha value is -1.26. The first-order chi connectivity index (χ1) is 10.2. The topological polar surface area (TPSA) is 35.5 Å². The fourth-order valence-electron chi connectivity index (χ4n) is 3.37. The molecule has 21 heavy (non-hydrogen) atoms. The van der Waals surface area contributed by atoms with Crippen molar-refractivity contribution in [2.75, 3.05) is 19.8 Å². The first-order valence-corrected chi connectivity index (χ1v) is 7.66. The number of carbonyl (C=O) groups is 1. The summed E-state index contributed by atoms with van der Waals surface area (Å²) in [6.07, 6.45) is 3.40. The van der Waals surface area contributed by atoms with Gasteiger partial charge in [0.05, 0.1) is 5.60 Å². The minimum atomic E-state index is -0.293. The second-order valence-electron chi connectivity index (χ2n) is 6.07. The zero-order valence-corrected chi connectivity index (χ0v) is 12.1. The first-order valence-electron chi connectivity index (χ1n) is 7.66. The van der Waals surface area contributed by atoms with E-state index in [0.29, 0.717) is 25.4 Å². The Bertz CT molecular complexity index is 503. The Labute approximate surface area is 124 Å². The van der Waals surface area contributed by atoms with Gasteiger partial charge in [0, 0.05) is 32.2 Å². The summed E-state index contributed by atoms with van der Waals surface area (Å²) >= 11 is 0. The third-order valence-corrected chi connectivity index (χ3v) is 4.67. The summed E-state index contributed by atoms with van der Waals surface area (Å²) in [6, 6.07) is 6.52. The van der Waals surface area contributed by atoms with Gasteiger partial charge in [0.2, 0.25) is 0 Å². The van der Waals surface area contributed by atoms with E-state index in [9.17, 15) is 9.18 Å². The lowest BCUT2D eigenvalue weighted by atomic mass is 9.78. The van der Waals surface area contributed by atoms with Gasteiger partial charge in [-0.05, 0) is 37.3 Å². The fourth-order valence-corrected chi connectivity index (χ4v) is 3.37. The molecule has 1 aromatic rings. The van der Waals surface area contributed by atoms with Crippen LogP contribution in [0, 0.1) is 11.7 Å². The second kappa shape index (κ2) is 6.24. The molecule has 0 N–H and O–H groups in total. The number of ether oxygens (including phenoxy) is 2. The second-order valence-corrected chi connectivity index (χ2v) is 6.07. The summed E-state index contributed by atoms with van der Waals surface area (Å²) < 4.78 is 25.0. The SMILES string of the molecule is O=C(Cc1ccccc1F)C1CCOC2(CCOCC2)C1. The van der Waals surface area contributed by atoms with Gasteiger partial charge in [0.15, 0.2) is 0 Å². The van der Waals surface area contributed by atoms with Gasteiger partial charge < -0.3 is 9.47 Å². The minimum Gasteiger partial charge on any atom is -0.381 e. The summed E-state index contributed by atoms with van der Waals surface area (Å²) in [6.45, 7) is 2.02. The molecule has 2 aliphatic heterocycles. The highest BCUT2D eigenvalue weighted by Gasteiger charge is 2.40. The van der Waals surface area contributed by atoms with Crippen LogP contribution in [0.25, 0.3) is 0 Å². The Kier molecular flexibility index (Phi) is 4.36. The van der Waals surface area contributed by atoms with Crippen molar-refractivity contribution in [3.05, 3.63) is 35.6 Å². The minimum absolute atomic E-state index is 0.0172. The maximum Gasteiger partial charge on any atom is 0.140 e. The van der Waals surface area contributed by atoms with E-state index in [1.807, 2.05) is 0 Å². The molecule has 4 heteroatoms. The Balaban J connectivity index is 1.66. The molecule has 1 unspecified atom stereocenters. The van der Waals surface area contributed by atoms with E-state index in [0.717, 1.165) is 25.7 Å². The van der Waals surface area contributed by atoms with Gasteiger partial charge >= 0.3 is 0 Å². The van der Waals surface area contributed by atoms with Crippen LogP contribution >= 0.6 is 0 Å². The molecule has 0 aromatic heterocycles. The lowest BCUT2D eigenvalue weighted by Gasteiger charge is -2.43. The number of hydrogen-bond acceptors (Lipinski definition) is 3. The Morgan fingerprint density at radius 3 is 2.76 bits per heavy atom. The van der Waals surface area contributed by atoms with Crippen LogP contribution in [0.15, 0.2) is 24.3 Å². The molecular formula is C17H21FO3. The maximum atomic E-state index is 13.7. The van der Waals surface area contributed by atoms with Crippen molar-refractivity contribution in [2.45, 2.75) is 37.7 Å². The molecule has 0 aliphatic carbocycles. The molecule has 1 spiro atoms. The Morgan fingerprint density at radius 1 is 1.24 bits per heavy atom. The molecule has 2 heterocycles. The van der Waals surface area contributed by atoms with Gasteiger partial charge in [-0.2, -0.15) is 0 Å². The highest BCUT2D eigenvalue weighted by molar-refractivity contribution is 5.83. The van der Waals surface area contributed by atoms with Crippen molar-refractivity contribution >= 4 is 5.78 Å². The maximum absolute atomic E-state index is 13.7. The summed E-state index contributed by atoms with van der Waals surface area (Å²) in [4.78, 5) is 12.5. The van der Waals surface area contributed by atoms with Gasteiger partial charge in [-0.3, -0.25) is 4.79 Å². The molecule has 1 atom stereocenters. The summed E-state index contributed by atoms with van der Waals surface area (Å²) in [5.41, 5.74) is 0.307. The van der Waals surface area contributed by atoms with Crippen molar-refractivity contribution in [3.63, 3.8) is 0 Å². The van der Waals surface area contributed by atoms with Crippen molar-refractivity contribution in [1.29, 1.82) is 0 Å². The Morgan fingerprint density at radius 2 is 2.00 bits per heavy atom. The lowest BCUT2D eigenvalue weighted by Crippen LogP contribution is -2.46. The molecule has 3 rings (SSSR count). The molecule has 2 fully saturated rings. The van der Waals surface area contributed by atoms with Crippen LogP contribution in [0.3, 0.4) is 0 Å². The van der Waals surface area contributed by atoms with Crippen molar-refractivity contribution in [1.82, 2.24) is 0 Å². The van der Waals surface area contributed by atoms with Gasteiger partial charge in [-0.15, -0.1) is 0 Å². The zero-order chi connectivity index (χ0) is 14.7. The van der Waals surface area contributed by atoms with E-state index in [-0.39, 0.29) is 29.5 Å². The summed E-state index contributed by atoms with van der Waals surface area (Å²) in [5, 5.41) is 0. The zero-order valence-electron chi connectivity index (χ0n) is 12.1. The average Bonchev–Trinajstić information content (AvgIpc) is 2.50. The van der Waals surface area contributed by atoms with Crippen LogP contribution in [-0.4, -0.2) is 31.2 Å². The molecule has 3 nitrogen and oxygen atoms in total. The number of halogens is 1. The monoisotopic (exact) mass is 292 g/mol. The quantitative estimate of drug-likeness (QED) is 0.859. The molecule has 1 aromatic carbocycles. The standard InChI is InChI=1S/C17H21FO3/c18-15-4-2-1-3-13(15)11-16(19)14-5-8-21-17(12-14)6-9-20-10-7-17/h1-4,14H,5-12H2. The first kappa shape index (κ1) is 14.7. The van der Waals surface area contributed by atoms with Crippen molar-refractivity contribution in [3.8, 4) is 0 Å². The van der Waals surface area contributed by atoms with Gasteiger partial charge in [-0.25, -0.2) is 4.39 Å². The highest BCUT2D eigenvalue weighted by Crippen LogP contribution is 2.37. The molecular weight excluding hydrogens is 271 g/mol. The molecule has 0 bridgehead atoms. The predicted molar refractivity (Wildman–Crippen MR) is 76.6 cm³/mol. The van der Waals surface area contributed by atoms with Gasteiger partial charge in [0.1, 0.15) is 11.6 Å². The van der Waals surface area contributed by atoms with E-state index in [1.165, 1.54) is 6.07 Å². The van der Waals surface area contributed by atoms with Crippen LogP contribution in [0.1, 0.15) is 31.2 Å². The smallest absolute Gasteiger partial charge is 0.140 e. The number of ketones is 1. The third-order valence-electron chi connectivity index (χ3n) is 4.67. The van der Waals surface area contributed by atoms with E-state index in [2.05, 4.69) is 0 Å². The van der Waals surface area contributed by atoms with Gasteiger partial charge in [0.25, 0.3) is 0 Å². The molecule has 0 amide bonds. The number of rotatable bonds is 3. The summed E-state index contributed by atoms with van der Waals surface area (Å²) in [7, 11) is 0. The fraction of sp³-hybridized carbons (Fsp3) is 0.588.